The largest absolute Gasteiger partial charge is 0.292 e. The molecule has 0 unspecified atom stereocenters. The number of hydrogen-bond donors (Lipinski definition) is 0. The molecule has 0 heterocycles. The molecule has 1 aliphatic carbocycles. The Morgan fingerprint density at radius 2 is 1.27 bits per heavy atom. The van der Waals surface area contributed by atoms with Gasteiger partial charge in [-0.2, -0.15) is 0 Å². The Morgan fingerprint density at radius 1 is 0.818 bits per heavy atom. The quantitative estimate of drug-likeness (QED) is 0.508. The van der Waals surface area contributed by atoms with Gasteiger partial charge >= 0.3 is 0 Å². The van der Waals surface area contributed by atoms with Crippen LogP contribution in [0.4, 0.5) is 0 Å². The first-order valence-corrected chi connectivity index (χ1v) is 8.62. The molecule has 3 nitrogen and oxygen atoms in total. The van der Waals surface area contributed by atoms with Crippen LogP contribution in [0.15, 0.2) is 24.3 Å². The van der Waals surface area contributed by atoms with E-state index in [-0.39, 0.29) is 11.6 Å². The maximum atomic E-state index is 12.7. The summed E-state index contributed by atoms with van der Waals surface area (Å²) < 4.78 is 0. The summed E-state index contributed by atoms with van der Waals surface area (Å²) in [6.07, 6.45) is 6.69. The van der Waals surface area contributed by atoms with Crippen molar-refractivity contribution in [1.29, 1.82) is 0 Å². The van der Waals surface area contributed by atoms with Crippen molar-refractivity contribution in [2.24, 2.45) is 0 Å². The number of unbranched alkanes of at least 4 members (excludes halogenated alkanes) is 4. The summed E-state index contributed by atoms with van der Waals surface area (Å²) in [5.41, 5.74) is 1.21. The zero-order valence-electron chi connectivity index (χ0n) is 13.8. The number of hydrogen-bond acceptors (Lipinski definition) is 3. The highest BCUT2D eigenvalue weighted by Crippen LogP contribution is 2.26. The monoisotopic (exact) mass is 301 g/mol. The van der Waals surface area contributed by atoms with E-state index in [2.05, 4.69) is 18.7 Å². The van der Waals surface area contributed by atoms with Gasteiger partial charge in [-0.25, -0.2) is 0 Å². The zero-order valence-corrected chi connectivity index (χ0v) is 13.8. The number of rotatable bonds is 9. The van der Waals surface area contributed by atoms with E-state index in [1.165, 1.54) is 0 Å². The van der Waals surface area contributed by atoms with E-state index in [1.807, 2.05) is 12.1 Å². The lowest BCUT2D eigenvalue weighted by atomic mass is 10.1. The molecule has 0 N–H and O–H groups in total. The lowest BCUT2D eigenvalue weighted by Gasteiger charge is -2.26. The van der Waals surface area contributed by atoms with Crippen molar-refractivity contribution >= 4 is 11.6 Å². The van der Waals surface area contributed by atoms with E-state index in [9.17, 15) is 9.59 Å². The number of fused-ring (bicyclic) bond motifs is 1. The van der Waals surface area contributed by atoms with E-state index >= 15 is 0 Å². The van der Waals surface area contributed by atoms with Crippen LogP contribution >= 0.6 is 0 Å². The van der Waals surface area contributed by atoms with Gasteiger partial charge in [0.15, 0.2) is 11.6 Å². The minimum absolute atomic E-state index is 0.00593. The number of ketones is 2. The summed E-state index contributed by atoms with van der Waals surface area (Å²) in [5.74, 6) is -0.0119. The van der Waals surface area contributed by atoms with Crippen LogP contribution in [-0.4, -0.2) is 35.6 Å². The Balaban J connectivity index is 2.13. The molecule has 0 spiro atoms. The van der Waals surface area contributed by atoms with E-state index in [1.54, 1.807) is 12.1 Å². The predicted molar refractivity (Wildman–Crippen MR) is 89.5 cm³/mol. The molecular weight excluding hydrogens is 274 g/mol. The highest BCUT2D eigenvalue weighted by molar-refractivity contribution is 6.29. The van der Waals surface area contributed by atoms with Gasteiger partial charge in [0.25, 0.3) is 0 Å². The van der Waals surface area contributed by atoms with Gasteiger partial charge in [-0.15, -0.1) is 0 Å². The van der Waals surface area contributed by atoms with Crippen molar-refractivity contribution in [3.05, 3.63) is 35.4 Å². The first-order chi connectivity index (χ1) is 10.7. The molecule has 1 aromatic carbocycles. The van der Waals surface area contributed by atoms with Crippen molar-refractivity contribution in [2.75, 3.05) is 13.1 Å². The van der Waals surface area contributed by atoms with Crippen LogP contribution in [-0.2, 0) is 0 Å². The molecule has 1 aliphatic rings. The zero-order chi connectivity index (χ0) is 15.9. The number of carbonyl (C=O) groups is 2. The second kappa shape index (κ2) is 8.23. The molecule has 1 aromatic rings. The van der Waals surface area contributed by atoms with Gasteiger partial charge < -0.3 is 0 Å². The second-order valence-electron chi connectivity index (χ2n) is 6.13. The van der Waals surface area contributed by atoms with Crippen LogP contribution in [0.2, 0.25) is 0 Å². The summed E-state index contributed by atoms with van der Waals surface area (Å²) in [4.78, 5) is 27.4. The van der Waals surface area contributed by atoms with Crippen molar-refractivity contribution in [3.63, 3.8) is 0 Å². The minimum atomic E-state index is -0.578. The number of carbonyl (C=O) groups excluding carboxylic acids is 2. The summed E-state index contributed by atoms with van der Waals surface area (Å²) in [5, 5.41) is 0. The maximum absolute atomic E-state index is 12.7. The van der Waals surface area contributed by atoms with Crippen molar-refractivity contribution < 1.29 is 9.59 Å². The Hall–Kier alpha value is -1.48. The third-order valence-corrected chi connectivity index (χ3v) is 4.42. The standard InChI is InChI=1S/C19H27NO2/c1-3-5-9-13-20(14-10-6-4-2)17-18(21)15-11-7-8-12-16(15)19(17)22/h7-8,11-12,17H,3-6,9-10,13-14H2,1-2H3. The van der Waals surface area contributed by atoms with Gasteiger partial charge in [-0.3, -0.25) is 14.5 Å². The smallest absolute Gasteiger partial charge is 0.188 e. The summed E-state index contributed by atoms with van der Waals surface area (Å²) in [6.45, 7) is 6.02. The third kappa shape index (κ3) is 3.64. The van der Waals surface area contributed by atoms with Crippen LogP contribution in [0, 0.1) is 0 Å². The van der Waals surface area contributed by atoms with Crippen molar-refractivity contribution in [1.82, 2.24) is 4.90 Å². The Labute approximate surface area is 133 Å². The van der Waals surface area contributed by atoms with Crippen LogP contribution < -0.4 is 0 Å². The van der Waals surface area contributed by atoms with E-state index in [4.69, 9.17) is 0 Å². The Morgan fingerprint density at radius 3 is 1.68 bits per heavy atom. The van der Waals surface area contributed by atoms with E-state index in [0.717, 1.165) is 51.6 Å². The highest BCUT2D eigenvalue weighted by atomic mass is 16.2. The minimum Gasteiger partial charge on any atom is -0.292 e. The maximum Gasteiger partial charge on any atom is 0.188 e. The molecule has 0 saturated heterocycles. The number of nitrogens with zero attached hydrogens (tertiary/aromatic N) is 1. The van der Waals surface area contributed by atoms with Crippen LogP contribution in [0.25, 0.3) is 0 Å². The molecule has 0 fully saturated rings. The first kappa shape index (κ1) is 16.9. The van der Waals surface area contributed by atoms with Crippen LogP contribution in [0.1, 0.15) is 73.1 Å². The number of Topliss-reactive ketones (excluding diaryl/α,β-unsaturated/α-hetero) is 2. The Bertz CT molecular complexity index is 479. The topological polar surface area (TPSA) is 37.4 Å². The molecule has 0 aromatic heterocycles. The lowest BCUT2D eigenvalue weighted by molar-refractivity contribution is 0.0724. The van der Waals surface area contributed by atoms with Crippen molar-refractivity contribution in [3.8, 4) is 0 Å². The van der Waals surface area contributed by atoms with Crippen LogP contribution in [0.3, 0.4) is 0 Å². The average molecular weight is 301 g/mol. The molecule has 0 bridgehead atoms. The SMILES string of the molecule is CCCCCN(CCCCC)C1C(=O)c2ccccc2C1=O. The molecule has 0 amide bonds. The average Bonchev–Trinajstić information content (AvgIpc) is 2.78. The van der Waals surface area contributed by atoms with Gasteiger partial charge in [0, 0.05) is 11.1 Å². The fourth-order valence-electron chi connectivity index (χ4n) is 3.16. The van der Waals surface area contributed by atoms with Crippen LogP contribution in [0.5, 0.6) is 0 Å². The molecule has 0 radical (unpaired) electrons. The second-order valence-corrected chi connectivity index (χ2v) is 6.13. The molecule has 0 aliphatic heterocycles. The summed E-state index contributed by atoms with van der Waals surface area (Å²) in [7, 11) is 0. The highest BCUT2D eigenvalue weighted by Gasteiger charge is 2.41. The predicted octanol–water partition coefficient (Wildman–Crippen LogP) is 4.12. The molecular formula is C19H27NO2. The molecule has 22 heavy (non-hydrogen) atoms. The molecule has 2 rings (SSSR count). The lowest BCUT2D eigenvalue weighted by Crippen LogP contribution is -2.44. The third-order valence-electron chi connectivity index (χ3n) is 4.42. The van der Waals surface area contributed by atoms with Gasteiger partial charge in [-0.1, -0.05) is 63.8 Å². The summed E-state index contributed by atoms with van der Waals surface area (Å²) in [6, 6.07) is 6.67. The fourth-order valence-corrected chi connectivity index (χ4v) is 3.16. The van der Waals surface area contributed by atoms with Gasteiger partial charge in [0.1, 0.15) is 6.04 Å². The number of benzene rings is 1. The van der Waals surface area contributed by atoms with Gasteiger partial charge in [-0.05, 0) is 25.9 Å². The molecule has 3 heteroatoms. The van der Waals surface area contributed by atoms with E-state index in [0.29, 0.717) is 11.1 Å². The molecule has 0 atom stereocenters. The van der Waals surface area contributed by atoms with Crippen molar-refractivity contribution in [2.45, 2.75) is 58.4 Å². The molecule has 120 valence electrons. The molecule has 0 saturated carbocycles. The summed E-state index contributed by atoms with van der Waals surface area (Å²) >= 11 is 0. The van der Waals surface area contributed by atoms with Gasteiger partial charge in [0.05, 0.1) is 0 Å². The Kier molecular flexibility index (Phi) is 6.32. The fraction of sp³-hybridized carbons (Fsp3) is 0.579. The van der Waals surface area contributed by atoms with Gasteiger partial charge in [0.2, 0.25) is 0 Å². The van der Waals surface area contributed by atoms with E-state index < -0.39 is 6.04 Å². The normalized spacial score (nSPS) is 14.9. The first-order valence-electron chi connectivity index (χ1n) is 8.62.